The van der Waals surface area contributed by atoms with Crippen LogP contribution in [0.3, 0.4) is 0 Å². The molecule has 1 rings (SSSR count). The molecule has 0 aromatic heterocycles. The molecule has 0 aliphatic heterocycles. The molecule has 1 aromatic rings. The zero-order chi connectivity index (χ0) is 12.3. The zero-order valence-electron chi connectivity index (χ0n) is 10.9. The lowest BCUT2D eigenvalue weighted by Crippen LogP contribution is -2.30. The molecule has 88 valence electrons. The highest BCUT2D eigenvalue weighted by atomic mass is 16.2. The van der Waals surface area contributed by atoms with E-state index in [1.165, 1.54) is 5.56 Å². The number of carbonyl (C=O) groups is 1. The number of carbonyl (C=O) groups excluding carboxylic acids is 1. The molecule has 0 aliphatic carbocycles. The largest absolute Gasteiger partial charge is 0.341 e. The van der Waals surface area contributed by atoms with Gasteiger partial charge in [-0.2, -0.15) is 0 Å². The van der Waals surface area contributed by atoms with E-state index in [0.717, 1.165) is 17.7 Å². The maximum Gasteiger partial charge on any atom is 0.253 e. The summed E-state index contributed by atoms with van der Waals surface area (Å²) in [5.41, 5.74) is 3.08. The molecular formula is C14H21NO. The van der Waals surface area contributed by atoms with Gasteiger partial charge in [0.15, 0.2) is 0 Å². The summed E-state index contributed by atoms with van der Waals surface area (Å²) in [6.07, 6.45) is 0. The molecular weight excluding hydrogens is 198 g/mol. The molecule has 0 unspecified atom stereocenters. The van der Waals surface area contributed by atoms with Crippen LogP contribution < -0.4 is 0 Å². The minimum atomic E-state index is 0.120. The molecule has 0 radical (unpaired) electrons. The topological polar surface area (TPSA) is 20.3 Å². The summed E-state index contributed by atoms with van der Waals surface area (Å²) in [5.74, 6) is 0.619. The third kappa shape index (κ3) is 2.84. The molecule has 1 aromatic carbocycles. The monoisotopic (exact) mass is 219 g/mol. The number of hydrogen-bond donors (Lipinski definition) is 0. The van der Waals surface area contributed by atoms with Crippen LogP contribution in [0.4, 0.5) is 0 Å². The van der Waals surface area contributed by atoms with Crippen LogP contribution in [0.25, 0.3) is 0 Å². The predicted octanol–water partition coefficient (Wildman–Crippen LogP) is 3.03. The quantitative estimate of drug-likeness (QED) is 0.765. The van der Waals surface area contributed by atoms with Crippen LogP contribution >= 0.6 is 0 Å². The van der Waals surface area contributed by atoms with Gasteiger partial charge in [-0.15, -0.1) is 0 Å². The fourth-order valence-corrected chi connectivity index (χ4v) is 1.82. The standard InChI is InChI=1S/C14H21NO/c1-10(2)9-15(5)14(16)13-8-6-7-11(3)12(13)4/h6-8,10H,9H2,1-5H3. The number of aryl methyl sites for hydroxylation is 1. The number of benzene rings is 1. The molecule has 0 N–H and O–H groups in total. The summed E-state index contributed by atoms with van der Waals surface area (Å²) in [4.78, 5) is 14.0. The third-order valence-corrected chi connectivity index (χ3v) is 2.82. The van der Waals surface area contributed by atoms with Crippen molar-refractivity contribution >= 4 is 5.91 Å². The highest BCUT2D eigenvalue weighted by Gasteiger charge is 2.15. The van der Waals surface area contributed by atoms with Crippen molar-refractivity contribution in [1.82, 2.24) is 4.90 Å². The first-order chi connectivity index (χ1) is 7.43. The highest BCUT2D eigenvalue weighted by molar-refractivity contribution is 5.95. The number of nitrogens with zero attached hydrogens (tertiary/aromatic N) is 1. The second-order valence-corrected chi connectivity index (χ2v) is 4.83. The van der Waals surface area contributed by atoms with Gasteiger partial charge in [0, 0.05) is 19.2 Å². The second kappa shape index (κ2) is 5.15. The molecule has 0 saturated heterocycles. The average Bonchev–Trinajstić information content (AvgIpc) is 2.20. The van der Waals surface area contributed by atoms with Gasteiger partial charge in [0.1, 0.15) is 0 Å². The fourth-order valence-electron chi connectivity index (χ4n) is 1.82. The second-order valence-electron chi connectivity index (χ2n) is 4.83. The van der Waals surface area contributed by atoms with Crippen molar-refractivity contribution in [3.63, 3.8) is 0 Å². The lowest BCUT2D eigenvalue weighted by atomic mass is 10.0. The van der Waals surface area contributed by atoms with E-state index in [4.69, 9.17) is 0 Å². The highest BCUT2D eigenvalue weighted by Crippen LogP contribution is 2.15. The Balaban J connectivity index is 2.92. The van der Waals surface area contributed by atoms with Gasteiger partial charge in [0.25, 0.3) is 5.91 Å². The van der Waals surface area contributed by atoms with Crippen molar-refractivity contribution in [2.24, 2.45) is 5.92 Å². The molecule has 0 spiro atoms. The number of amides is 1. The number of rotatable bonds is 3. The summed E-state index contributed by atoms with van der Waals surface area (Å²) in [6, 6.07) is 5.88. The fraction of sp³-hybridized carbons (Fsp3) is 0.500. The van der Waals surface area contributed by atoms with Crippen LogP contribution in [0.2, 0.25) is 0 Å². The minimum Gasteiger partial charge on any atom is -0.341 e. The smallest absolute Gasteiger partial charge is 0.253 e. The van der Waals surface area contributed by atoms with Gasteiger partial charge in [-0.3, -0.25) is 4.79 Å². The van der Waals surface area contributed by atoms with E-state index < -0.39 is 0 Å². The molecule has 16 heavy (non-hydrogen) atoms. The molecule has 1 amide bonds. The normalized spacial score (nSPS) is 10.6. The lowest BCUT2D eigenvalue weighted by molar-refractivity contribution is 0.0778. The predicted molar refractivity (Wildman–Crippen MR) is 67.7 cm³/mol. The Labute approximate surface area is 98.3 Å². The Morgan fingerprint density at radius 1 is 1.31 bits per heavy atom. The summed E-state index contributed by atoms with van der Waals surface area (Å²) in [7, 11) is 1.87. The van der Waals surface area contributed by atoms with E-state index in [2.05, 4.69) is 13.8 Å². The molecule has 0 fully saturated rings. The Bertz CT molecular complexity index is 382. The molecule has 2 heteroatoms. The molecule has 0 atom stereocenters. The van der Waals surface area contributed by atoms with E-state index in [1.54, 1.807) is 4.90 Å². The average molecular weight is 219 g/mol. The van der Waals surface area contributed by atoms with Crippen molar-refractivity contribution in [2.75, 3.05) is 13.6 Å². The van der Waals surface area contributed by atoms with E-state index >= 15 is 0 Å². The van der Waals surface area contributed by atoms with E-state index in [0.29, 0.717) is 5.92 Å². The maximum atomic E-state index is 12.2. The molecule has 2 nitrogen and oxygen atoms in total. The van der Waals surface area contributed by atoms with E-state index in [9.17, 15) is 4.79 Å². The van der Waals surface area contributed by atoms with Crippen LogP contribution in [0.15, 0.2) is 18.2 Å². The minimum absolute atomic E-state index is 0.120. The summed E-state index contributed by atoms with van der Waals surface area (Å²) >= 11 is 0. The maximum absolute atomic E-state index is 12.2. The van der Waals surface area contributed by atoms with Crippen LogP contribution in [0, 0.1) is 19.8 Å². The van der Waals surface area contributed by atoms with Gasteiger partial charge in [-0.1, -0.05) is 26.0 Å². The van der Waals surface area contributed by atoms with Crippen LogP contribution in [-0.4, -0.2) is 24.4 Å². The van der Waals surface area contributed by atoms with Gasteiger partial charge < -0.3 is 4.90 Å². The Kier molecular flexibility index (Phi) is 4.11. The molecule has 0 saturated carbocycles. The third-order valence-electron chi connectivity index (χ3n) is 2.82. The Hall–Kier alpha value is -1.31. The zero-order valence-corrected chi connectivity index (χ0v) is 10.9. The SMILES string of the molecule is Cc1cccc(C(=O)N(C)CC(C)C)c1C. The van der Waals surface area contributed by atoms with Crippen molar-refractivity contribution in [3.8, 4) is 0 Å². The summed E-state index contributed by atoms with van der Waals surface area (Å²) < 4.78 is 0. The summed E-state index contributed by atoms with van der Waals surface area (Å²) in [6.45, 7) is 9.08. The molecule has 0 heterocycles. The molecule has 0 bridgehead atoms. The van der Waals surface area contributed by atoms with Crippen molar-refractivity contribution in [1.29, 1.82) is 0 Å². The van der Waals surface area contributed by atoms with Gasteiger partial charge in [-0.05, 0) is 37.0 Å². The van der Waals surface area contributed by atoms with Crippen molar-refractivity contribution in [3.05, 3.63) is 34.9 Å². The first kappa shape index (κ1) is 12.8. The lowest BCUT2D eigenvalue weighted by Gasteiger charge is -2.20. The number of hydrogen-bond acceptors (Lipinski definition) is 1. The Morgan fingerprint density at radius 2 is 1.94 bits per heavy atom. The van der Waals surface area contributed by atoms with Gasteiger partial charge in [0.2, 0.25) is 0 Å². The molecule has 0 aliphatic rings. The van der Waals surface area contributed by atoms with Crippen LogP contribution in [-0.2, 0) is 0 Å². The van der Waals surface area contributed by atoms with Gasteiger partial charge >= 0.3 is 0 Å². The summed E-state index contributed by atoms with van der Waals surface area (Å²) in [5, 5.41) is 0. The van der Waals surface area contributed by atoms with E-state index in [1.807, 2.05) is 39.1 Å². The van der Waals surface area contributed by atoms with Crippen LogP contribution in [0.1, 0.15) is 35.3 Å². The van der Waals surface area contributed by atoms with Crippen molar-refractivity contribution in [2.45, 2.75) is 27.7 Å². The first-order valence-electron chi connectivity index (χ1n) is 5.75. The van der Waals surface area contributed by atoms with Crippen molar-refractivity contribution < 1.29 is 4.79 Å². The van der Waals surface area contributed by atoms with Crippen LogP contribution in [0.5, 0.6) is 0 Å². The van der Waals surface area contributed by atoms with Gasteiger partial charge in [-0.25, -0.2) is 0 Å². The first-order valence-corrected chi connectivity index (χ1v) is 5.75. The van der Waals surface area contributed by atoms with Gasteiger partial charge in [0.05, 0.1) is 0 Å². The van der Waals surface area contributed by atoms with E-state index in [-0.39, 0.29) is 5.91 Å². The Morgan fingerprint density at radius 3 is 2.50 bits per heavy atom.